The highest BCUT2D eigenvalue weighted by atomic mass is 16.7. The van der Waals surface area contributed by atoms with Gasteiger partial charge in [0.1, 0.15) is 0 Å². The summed E-state index contributed by atoms with van der Waals surface area (Å²) in [5, 5.41) is 12.4. The molecular weight excluding hydrogens is 362 g/mol. The summed E-state index contributed by atoms with van der Waals surface area (Å²) in [6.45, 7) is -0.239. The Morgan fingerprint density at radius 3 is 2.25 bits per heavy atom. The Kier molecular flexibility index (Phi) is 6.76. The molecule has 0 radical (unpaired) electrons. The molecule has 2 N–H and O–H groups in total. The predicted octanol–water partition coefficient (Wildman–Crippen LogP) is 1.76. The van der Waals surface area contributed by atoms with Crippen LogP contribution in [0.2, 0.25) is 0 Å². The zero-order chi connectivity index (χ0) is 19.9. The van der Waals surface area contributed by atoms with Gasteiger partial charge < -0.3 is 24.6 Å². The quantitative estimate of drug-likeness (QED) is 0.736. The summed E-state index contributed by atoms with van der Waals surface area (Å²) >= 11 is 0. The molecule has 1 fully saturated rings. The molecule has 1 amide bonds. The molecule has 148 valence electrons. The van der Waals surface area contributed by atoms with Crippen molar-refractivity contribution in [3.63, 3.8) is 0 Å². The minimum absolute atomic E-state index is 0.239. The summed E-state index contributed by atoms with van der Waals surface area (Å²) in [7, 11) is 1.42. The van der Waals surface area contributed by atoms with E-state index >= 15 is 0 Å². The summed E-state index contributed by atoms with van der Waals surface area (Å²) < 4.78 is 16.6. The molecule has 4 atom stereocenters. The highest BCUT2D eigenvalue weighted by Gasteiger charge is 2.42. The second-order valence-corrected chi connectivity index (χ2v) is 6.46. The Balaban J connectivity index is 1.79. The molecule has 1 saturated heterocycles. The molecule has 0 unspecified atom stereocenters. The van der Waals surface area contributed by atoms with Gasteiger partial charge in [0.25, 0.3) is 5.91 Å². The number of methoxy groups -OCH3 is 1. The Bertz CT molecular complexity index is 782. The smallest absolute Gasteiger partial charge is 0.338 e. The van der Waals surface area contributed by atoms with Gasteiger partial charge in [-0.05, 0) is 30.7 Å². The van der Waals surface area contributed by atoms with E-state index in [0.717, 1.165) is 0 Å². The van der Waals surface area contributed by atoms with Crippen LogP contribution in [0.4, 0.5) is 0 Å². The van der Waals surface area contributed by atoms with Crippen LogP contribution in [0.1, 0.15) is 27.1 Å². The van der Waals surface area contributed by atoms with Gasteiger partial charge in [-0.1, -0.05) is 36.4 Å². The Morgan fingerprint density at radius 2 is 1.68 bits per heavy atom. The molecule has 28 heavy (non-hydrogen) atoms. The maximum atomic E-state index is 12.6. The van der Waals surface area contributed by atoms with E-state index in [4.69, 9.17) is 14.2 Å². The van der Waals surface area contributed by atoms with Crippen molar-refractivity contribution in [2.75, 3.05) is 13.7 Å². The largest absolute Gasteiger partial charge is 0.451 e. The number of carbonyl (C=O) groups excluding carboxylic acids is 2. The second-order valence-electron chi connectivity index (χ2n) is 6.46. The van der Waals surface area contributed by atoms with Crippen molar-refractivity contribution in [2.45, 2.75) is 31.0 Å². The predicted molar refractivity (Wildman–Crippen MR) is 101 cm³/mol. The highest BCUT2D eigenvalue weighted by molar-refractivity contribution is 5.94. The summed E-state index contributed by atoms with van der Waals surface area (Å²) in [4.78, 5) is 25.1. The zero-order valence-electron chi connectivity index (χ0n) is 15.5. The molecule has 0 saturated carbocycles. The molecular formula is C21H23NO6. The maximum absolute atomic E-state index is 12.6. The fourth-order valence-electron chi connectivity index (χ4n) is 3.12. The average molecular weight is 385 g/mol. The molecule has 1 heterocycles. The maximum Gasteiger partial charge on any atom is 0.338 e. The van der Waals surface area contributed by atoms with Gasteiger partial charge in [-0.3, -0.25) is 4.79 Å². The zero-order valence-corrected chi connectivity index (χ0v) is 15.5. The van der Waals surface area contributed by atoms with Crippen LogP contribution in [-0.2, 0) is 14.2 Å². The van der Waals surface area contributed by atoms with Gasteiger partial charge in [-0.25, -0.2) is 4.79 Å². The van der Waals surface area contributed by atoms with Gasteiger partial charge >= 0.3 is 5.97 Å². The van der Waals surface area contributed by atoms with E-state index in [0.29, 0.717) is 11.1 Å². The van der Waals surface area contributed by atoms with Crippen LogP contribution in [0, 0.1) is 0 Å². The molecule has 1 aliphatic heterocycles. The number of hydrogen-bond donors (Lipinski definition) is 2. The summed E-state index contributed by atoms with van der Waals surface area (Å²) in [5.74, 6) is -0.850. The van der Waals surface area contributed by atoms with Crippen molar-refractivity contribution in [3.05, 3.63) is 71.8 Å². The average Bonchev–Trinajstić information content (AvgIpc) is 2.75. The van der Waals surface area contributed by atoms with Crippen molar-refractivity contribution in [1.82, 2.24) is 5.32 Å². The standard InChI is InChI=1S/C21H23NO6/c1-26-21-18(28-20(25)15-10-6-3-7-11-15)17(12-16(13-23)27-21)22-19(24)14-8-4-2-5-9-14/h2-11,16-18,21,23H,12-13H2,1H3,(H,22,24)/t16-,17-,18+,21+/m0/s1. The van der Waals surface area contributed by atoms with Crippen LogP contribution in [0.5, 0.6) is 0 Å². The van der Waals surface area contributed by atoms with Gasteiger partial charge in [0.15, 0.2) is 12.4 Å². The second kappa shape index (κ2) is 9.45. The van der Waals surface area contributed by atoms with E-state index in [-0.39, 0.29) is 18.9 Å². The van der Waals surface area contributed by atoms with Gasteiger partial charge in [0.05, 0.1) is 24.3 Å². The molecule has 2 aromatic rings. The first-order chi connectivity index (χ1) is 13.6. The molecule has 7 nitrogen and oxygen atoms in total. The third-order valence-corrected chi connectivity index (χ3v) is 4.55. The van der Waals surface area contributed by atoms with Gasteiger partial charge in [-0.15, -0.1) is 0 Å². The van der Waals surface area contributed by atoms with Crippen LogP contribution < -0.4 is 5.32 Å². The molecule has 7 heteroatoms. The number of rotatable bonds is 6. The Labute approximate surface area is 163 Å². The van der Waals surface area contributed by atoms with Crippen LogP contribution in [0.15, 0.2) is 60.7 Å². The normalized spacial score (nSPS) is 24.4. The lowest BCUT2D eigenvalue weighted by Gasteiger charge is -2.40. The van der Waals surface area contributed by atoms with Crippen LogP contribution in [0.25, 0.3) is 0 Å². The number of hydrogen-bond acceptors (Lipinski definition) is 6. The minimum atomic E-state index is -0.917. The van der Waals surface area contributed by atoms with Crippen LogP contribution in [0.3, 0.4) is 0 Å². The Hall–Kier alpha value is -2.74. The summed E-state index contributed by atoms with van der Waals surface area (Å²) in [6.07, 6.45) is -2.05. The molecule has 2 aromatic carbocycles. The minimum Gasteiger partial charge on any atom is -0.451 e. The highest BCUT2D eigenvalue weighted by Crippen LogP contribution is 2.25. The van der Waals surface area contributed by atoms with Crippen molar-refractivity contribution in [3.8, 4) is 0 Å². The van der Waals surface area contributed by atoms with Crippen LogP contribution >= 0.6 is 0 Å². The monoisotopic (exact) mass is 385 g/mol. The van der Waals surface area contributed by atoms with Crippen molar-refractivity contribution in [1.29, 1.82) is 0 Å². The first-order valence-electron chi connectivity index (χ1n) is 9.03. The number of nitrogens with one attached hydrogen (secondary N) is 1. The lowest BCUT2D eigenvalue weighted by atomic mass is 9.98. The van der Waals surface area contributed by atoms with Gasteiger partial charge in [0.2, 0.25) is 0 Å². The summed E-state index contributed by atoms with van der Waals surface area (Å²) in [5.41, 5.74) is 0.867. The van der Waals surface area contributed by atoms with Crippen molar-refractivity contribution in [2.24, 2.45) is 0 Å². The topological polar surface area (TPSA) is 94.1 Å². The lowest BCUT2D eigenvalue weighted by Crippen LogP contribution is -2.58. The van der Waals surface area contributed by atoms with E-state index in [9.17, 15) is 14.7 Å². The molecule has 0 spiro atoms. The van der Waals surface area contributed by atoms with E-state index in [1.165, 1.54) is 7.11 Å². The van der Waals surface area contributed by atoms with Crippen molar-refractivity contribution < 1.29 is 28.9 Å². The third kappa shape index (κ3) is 4.75. The number of aliphatic hydroxyl groups excluding tert-OH is 1. The molecule has 3 rings (SSSR count). The number of ether oxygens (including phenoxy) is 3. The summed E-state index contributed by atoms with van der Waals surface area (Å²) in [6, 6.07) is 16.7. The van der Waals surface area contributed by atoms with Crippen LogP contribution in [-0.4, -0.2) is 55.2 Å². The first kappa shape index (κ1) is 20.0. The molecule has 0 aromatic heterocycles. The van der Waals surface area contributed by atoms with E-state index in [1.54, 1.807) is 54.6 Å². The number of benzene rings is 2. The number of esters is 1. The fraction of sp³-hybridized carbons (Fsp3) is 0.333. The number of carbonyl (C=O) groups is 2. The fourth-order valence-corrected chi connectivity index (χ4v) is 3.12. The SMILES string of the molecule is CO[C@@H]1O[C@H](CO)C[C@H](NC(=O)c2ccccc2)[C@H]1OC(=O)c1ccccc1. The van der Waals surface area contributed by atoms with Crippen molar-refractivity contribution >= 4 is 11.9 Å². The third-order valence-electron chi connectivity index (χ3n) is 4.55. The number of aliphatic hydroxyl groups is 1. The Morgan fingerprint density at radius 1 is 1.07 bits per heavy atom. The molecule has 0 bridgehead atoms. The molecule has 1 aliphatic rings. The lowest BCUT2D eigenvalue weighted by molar-refractivity contribution is -0.241. The van der Waals surface area contributed by atoms with Gasteiger partial charge in [0, 0.05) is 12.7 Å². The number of amides is 1. The molecule has 0 aliphatic carbocycles. The van der Waals surface area contributed by atoms with Gasteiger partial charge in [-0.2, -0.15) is 0 Å². The van der Waals surface area contributed by atoms with E-state index < -0.39 is 30.5 Å². The van der Waals surface area contributed by atoms with E-state index in [1.807, 2.05) is 6.07 Å². The first-order valence-corrected chi connectivity index (χ1v) is 9.03. The van der Waals surface area contributed by atoms with E-state index in [2.05, 4.69) is 5.32 Å².